The summed E-state index contributed by atoms with van der Waals surface area (Å²) in [5, 5.41) is 13.3. The Morgan fingerprint density at radius 1 is 1.32 bits per heavy atom. The van der Waals surface area contributed by atoms with Crippen molar-refractivity contribution in [3.63, 3.8) is 0 Å². The standard InChI is InChI=1S/C17H27NO/c1-12(11-13(2)19)18-16-15-8-6-5-7-14(15)9-10-17(16,3)4/h5-8,12-13,16,18-19H,9-11H2,1-4H3. The number of aliphatic hydroxyl groups is 1. The average Bonchev–Trinajstić information content (AvgIpc) is 2.32. The van der Waals surface area contributed by atoms with Gasteiger partial charge in [-0.25, -0.2) is 0 Å². The first-order valence-corrected chi connectivity index (χ1v) is 7.42. The minimum absolute atomic E-state index is 0.246. The predicted octanol–water partition coefficient (Wildman–Crippen LogP) is 3.45. The molecule has 0 amide bonds. The largest absolute Gasteiger partial charge is 0.393 e. The summed E-state index contributed by atoms with van der Waals surface area (Å²) in [4.78, 5) is 0. The van der Waals surface area contributed by atoms with Crippen LogP contribution in [0, 0.1) is 5.41 Å². The monoisotopic (exact) mass is 261 g/mol. The second-order valence-corrected chi connectivity index (χ2v) is 6.77. The van der Waals surface area contributed by atoms with E-state index in [0.29, 0.717) is 12.1 Å². The lowest BCUT2D eigenvalue weighted by Crippen LogP contribution is -2.42. The highest BCUT2D eigenvalue weighted by Crippen LogP contribution is 2.43. The Morgan fingerprint density at radius 3 is 2.68 bits per heavy atom. The molecule has 0 saturated carbocycles. The Hall–Kier alpha value is -0.860. The van der Waals surface area contributed by atoms with Gasteiger partial charge >= 0.3 is 0 Å². The first-order valence-electron chi connectivity index (χ1n) is 7.42. The summed E-state index contributed by atoms with van der Waals surface area (Å²) in [7, 11) is 0. The molecule has 0 bridgehead atoms. The molecule has 0 aliphatic heterocycles. The fraction of sp³-hybridized carbons (Fsp3) is 0.647. The quantitative estimate of drug-likeness (QED) is 0.870. The molecule has 1 aliphatic rings. The third kappa shape index (κ3) is 3.37. The molecular formula is C17H27NO. The Kier molecular flexibility index (Phi) is 4.32. The number of rotatable bonds is 4. The van der Waals surface area contributed by atoms with E-state index in [1.54, 1.807) is 0 Å². The molecule has 2 N–H and O–H groups in total. The van der Waals surface area contributed by atoms with Gasteiger partial charge in [0, 0.05) is 12.1 Å². The third-order valence-corrected chi connectivity index (χ3v) is 4.33. The fourth-order valence-electron chi connectivity index (χ4n) is 3.25. The van der Waals surface area contributed by atoms with Crippen molar-refractivity contribution in [2.45, 2.75) is 65.1 Å². The van der Waals surface area contributed by atoms with Crippen LogP contribution < -0.4 is 5.32 Å². The van der Waals surface area contributed by atoms with Crippen LogP contribution >= 0.6 is 0 Å². The van der Waals surface area contributed by atoms with Crippen molar-refractivity contribution in [2.75, 3.05) is 0 Å². The summed E-state index contributed by atoms with van der Waals surface area (Å²) >= 11 is 0. The van der Waals surface area contributed by atoms with Gasteiger partial charge in [-0.2, -0.15) is 0 Å². The SMILES string of the molecule is CC(O)CC(C)NC1c2ccccc2CCC1(C)C. The predicted molar refractivity (Wildman–Crippen MR) is 80.2 cm³/mol. The van der Waals surface area contributed by atoms with Gasteiger partial charge in [0.05, 0.1) is 6.10 Å². The van der Waals surface area contributed by atoms with Crippen LogP contribution in [-0.2, 0) is 6.42 Å². The first kappa shape index (κ1) is 14.5. The zero-order valence-electron chi connectivity index (χ0n) is 12.6. The molecule has 3 unspecified atom stereocenters. The molecule has 106 valence electrons. The molecule has 2 rings (SSSR count). The van der Waals surface area contributed by atoms with Gasteiger partial charge in [0.2, 0.25) is 0 Å². The van der Waals surface area contributed by atoms with Crippen LogP contribution in [0.4, 0.5) is 0 Å². The van der Waals surface area contributed by atoms with Gasteiger partial charge in [-0.1, -0.05) is 38.1 Å². The minimum Gasteiger partial charge on any atom is -0.393 e. The van der Waals surface area contributed by atoms with Crippen molar-refractivity contribution in [2.24, 2.45) is 5.41 Å². The maximum absolute atomic E-state index is 9.54. The molecule has 1 aromatic rings. The second-order valence-electron chi connectivity index (χ2n) is 6.77. The molecule has 0 spiro atoms. The Labute approximate surface area is 117 Å². The van der Waals surface area contributed by atoms with Gasteiger partial charge in [0.1, 0.15) is 0 Å². The highest BCUT2D eigenvalue weighted by Gasteiger charge is 2.36. The van der Waals surface area contributed by atoms with E-state index in [4.69, 9.17) is 0 Å². The summed E-state index contributed by atoms with van der Waals surface area (Å²) in [5.74, 6) is 0. The second kappa shape index (κ2) is 5.64. The summed E-state index contributed by atoms with van der Waals surface area (Å²) in [6.45, 7) is 8.71. The molecule has 0 saturated heterocycles. The lowest BCUT2D eigenvalue weighted by molar-refractivity contribution is 0.146. The van der Waals surface area contributed by atoms with Crippen LogP contribution in [0.5, 0.6) is 0 Å². The number of aryl methyl sites for hydroxylation is 1. The van der Waals surface area contributed by atoms with E-state index in [2.05, 4.69) is 50.4 Å². The van der Waals surface area contributed by atoms with Crippen molar-refractivity contribution in [3.05, 3.63) is 35.4 Å². The third-order valence-electron chi connectivity index (χ3n) is 4.33. The normalized spacial score (nSPS) is 24.6. The van der Waals surface area contributed by atoms with Gasteiger partial charge < -0.3 is 10.4 Å². The van der Waals surface area contributed by atoms with Crippen LogP contribution in [0.25, 0.3) is 0 Å². The molecule has 0 aromatic heterocycles. The molecule has 0 fully saturated rings. The maximum atomic E-state index is 9.54. The van der Waals surface area contributed by atoms with Gasteiger partial charge in [0.25, 0.3) is 0 Å². The number of fused-ring (bicyclic) bond motifs is 1. The van der Waals surface area contributed by atoms with E-state index in [9.17, 15) is 5.11 Å². The average molecular weight is 261 g/mol. The number of nitrogens with one attached hydrogen (secondary N) is 1. The number of aliphatic hydroxyl groups excluding tert-OH is 1. The van der Waals surface area contributed by atoms with Crippen LogP contribution in [0.1, 0.15) is 57.7 Å². The maximum Gasteiger partial charge on any atom is 0.0526 e. The smallest absolute Gasteiger partial charge is 0.0526 e. The Morgan fingerprint density at radius 2 is 2.00 bits per heavy atom. The van der Waals surface area contributed by atoms with Crippen molar-refractivity contribution in [3.8, 4) is 0 Å². The first-order chi connectivity index (χ1) is 8.90. The van der Waals surface area contributed by atoms with Crippen LogP contribution in [-0.4, -0.2) is 17.3 Å². The molecule has 0 radical (unpaired) electrons. The highest BCUT2D eigenvalue weighted by molar-refractivity contribution is 5.34. The molecule has 2 nitrogen and oxygen atoms in total. The number of hydrogen-bond donors (Lipinski definition) is 2. The summed E-state index contributed by atoms with van der Waals surface area (Å²) in [6, 6.07) is 9.48. The van der Waals surface area contributed by atoms with E-state index < -0.39 is 0 Å². The summed E-state index contributed by atoms with van der Waals surface area (Å²) in [6.07, 6.45) is 2.94. The topological polar surface area (TPSA) is 32.3 Å². The van der Waals surface area contributed by atoms with Gasteiger partial charge in [-0.15, -0.1) is 0 Å². The molecule has 1 aliphatic carbocycles. The lowest BCUT2D eigenvalue weighted by atomic mass is 9.70. The van der Waals surface area contributed by atoms with E-state index in [0.717, 1.165) is 6.42 Å². The van der Waals surface area contributed by atoms with Crippen LogP contribution in [0.15, 0.2) is 24.3 Å². The van der Waals surface area contributed by atoms with Gasteiger partial charge in [-0.05, 0) is 49.7 Å². The van der Waals surface area contributed by atoms with E-state index in [-0.39, 0.29) is 11.5 Å². The Bertz CT molecular complexity index is 425. The van der Waals surface area contributed by atoms with E-state index in [1.807, 2.05) is 6.92 Å². The fourth-order valence-corrected chi connectivity index (χ4v) is 3.25. The van der Waals surface area contributed by atoms with Crippen LogP contribution in [0.2, 0.25) is 0 Å². The van der Waals surface area contributed by atoms with Crippen molar-refractivity contribution in [1.29, 1.82) is 0 Å². The molecule has 0 heterocycles. The highest BCUT2D eigenvalue weighted by atomic mass is 16.3. The molecule has 3 atom stereocenters. The van der Waals surface area contributed by atoms with Crippen molar-refractivity contribution < 1.29 is 5.11 Å². The molecular weight excluding hydrogens is 234 g/mol. The van der Waals surface area contributed by atoms with E-state index in [1.165, 1.54) is 24.0 Å². The van der Waals surface area contributed by atoms with Gasteiger partial charge in [0.15, 0.2) is 0 Å². The molecule has 2 heteroatoms. The van der Waals surface area contributed by atoms with E-state index >= 15 is 0 Å². The van der Waals surface area contributed by atoms with Crippen molar-refractivity contribution in [1.82, 2.24) is 5.32 Å². The zero-order valence-corrected chi connectivity index (χ0v) is 12.6. The summed E-state index contributed by atoms with van der Waals surface area (Å²) in [5.41, 5.74) is 3.18. The molecule has 19 heavy (non-hydrogen) atoms. The number of benzene rings is 1. The minimum atomic E-state index is -0.246. The van der Waals surface area contributed by atoms with Crippen molar-refractivity contribution >= 4 is 0 Å². The van der Waals surface area contributed by atoms with Gasteiger partial charge in [-0.3, -0.25) is 0 Å². The van der Waals surface area contributed by atoms with Crippen LogP contribution in [0.3, 0.4) is 0 Å². The number of hydrogen-bond acceptors (Lipinski definition) is 2. The lowest BCUT2D eigenvalue weighted by Gasteiger charge is -2.42. The summed E-state index contributed by atoms with van der Waals surface area (Å²) < 4.78 is 0. The molecule has 1 aromatic carbocycles. The Balaban J connectivity index is 2.21. The zero-order chi connectivity index (χ0) is 14.0.